The maximum absolute atomic E-state index is 10.2. The smallest absolute Gasteiger partial charge is 0.165 e. The molecule has 23 heavy (non-hydrogen) atoms. The Balaban J connectivity index is 2.17. The van der Waals surface area contributed by atoms with Crippen LogP contribution in [0.25, 0.3) is 11.4 Å². The van der Waals surface area contributed by atoms with Gasteiger partial charge in [-0.05, 0) is 51.2 Å². The Hall–Kier alpha value is -2.10. The van der Waals surface area contributed by atoms with Gasteiger partial charge in [0.2, 0.25) is 0 Å². The first-order chi connectivity index (χ1) is 11.1. The molecule has 0 saturated carbocycles. The lowest BCUT2D eigenvalue weighted by molar-refractivity contribution is 0.476. The molecule has 0 spiro atoms. The van der Waals surface area contributed by atoms with Crippen LogP contribution in [0.2, 0.25) is 0 Å². The van der Waals surface area contributed by atoms with E-state index in [1.54, 1.807) is 6.07 Å². The maximum atomic E-state index is 10.2. The molecule has 0 amide bonds. The normalized spacial score (nSPS) is 16.9. The minimum atomic E-state index is 0.238. The Morgan fingerprint density at radius 2 is 1.91 bits per heavy atom. The van der Waals surface area contributed by atoms with E-state index >= 15 is 0 Å². The monoisotopic (exact) mass is 311 g/mol. The molecule has 0 bridgehead atoms. The van der Waals surface area contributed by atoms with Crippen LogP contribution in [0, 0.1) is 5.92 Å². The van der Waals surface area contributed by atoms with Crippen molar-refractivity contribution in [3.05, 3.63) is 35.5 Å². The Morgan fingerprint density at radius 1 is 1.17 bits per heavy atom. The van der Waals surface area contributed by atoms with Crippen molar-refractivity contribution in [1.82, 2.24) is 9.97 Å². The Bertz CT molecular complexity index is 695. The molecular weight excluding hydrogens is 286 g/mol. The summed E-state index contributed by atoms with van der Waals surface area (Å²) in [6.45, 7) is 8.44. The van der Waals surface area contributed by atoms with Crippen molar-refractivity contribution >= 4 is 5.82 Å². The van der Waals surface area contributed by atoms with Gasteiger partial charge in [0.15, 0.2) is 5.82 Å². The van der Waals surface area contributed by atoms with Crippen molar-refractivity contribution < 1.29 is 5.11 Å². The van der Waals surface area contributed by atoms with E-state index in [-0.39, 0.29) is 5.75 Å². The van der Waals surface area contributed by atoms with E-state index in [1.165, 1.54) is 12.0 Å². The number of para-hydroxylation sites is 1. The van der Waals surface area contributed by atoms with Crippen LogP contribution in [0.4, 0.5) is 5.82 Å². The molecule has 1 aromatic heterocycles. The fourth-order valence-corrected chi connectivity index (χ4v) is 3.33. The van der Waals surface area contributed by atoms with Crippen molar-refractivity contribution in [2.75, 3.05) is 18.0 Å². The Labute approximate surface area is 138 Å². The topological polar surface area (TPSA) is 49.2 Å². The molecule has 1 atom stereocenters. The molecule has 2 aromatic rings. The molecule has 1 aromatic carbocycles. The van der Waals surface area contributed by atoms with Crippen molar-refractivity contribution in [3.8, 4) is 17.1 Å². The second kappa shape index (κ2) is 6.57. The van der Waals surface area contributed by atoms with E-state index in [9.17, 15) is 5.11 Å². The predicted octanol–water partition coefficient (Wildman–Crippen LogP) is 3.82. The molecule has 1 N–H and O–H groups in total. The fourth-order valence-electron chi connectivity index (χ4n) is 3.33. The van der Waals surface area contributed by atoms with Gasteiger partial charge in [0, 0.05) is 18.7 Å². The highest BCUT2D eigenvalue weighted by molar-refractivity contribution is 5.66. The number of phenols is 1. The van der Waals surface area contributed by atoms with Gasteiger partial charge in [-0.3, -0.25) is 0 Å². The van der Waals surface area contributed by atoms with Crippen molar-refractivity contribution in [3.63, 3.8) is 0 Å². The number of hydrogen-bond donors (Lipinski definition) is 1. The summed E-state index contributed by atoms with van der Waals surface area (Å²) < 4.78 is 0. The van der Waals surface area contributed by atoms with Crippen LogP contribution in [0.5, 0.6) is 5.75 Å². The molecule has 0 aliphatic heterocycles. The van der Waals surface area contributed by atoms with Crippen LogP contribution in [0.15, 0.2) is 24.3 Å². The number of fused-ring (bicyclic) bond motifs is 1. The number of rotatable bonds is 4. The highest BCUT2D eigenvalue weighted by Gasteiger charge is 2.24. The first-order valence-electron chi connectivity index (χ1n) is 8.57. The molecule has 4 nitrogen and oxygen atoms in total. The second-order valence-electron chi connectivity index (χ2n) is 6.33. The van der Waals surface area contributed by atoms with Gasteiger partial charge >= 0.3 is 0 Å². The molecule has 0 fully saturated rings. The van der Waals surface area contributed by atoms with Crippen LogP contribution < -0.4 is 4.90 Å². The predicted molar refractivity (Wildman–Crippen MR) is 93.9 cm³/mol. The van der Waals surface area contributed by atoms with Crippen LogP contribution in [-0.4, -0.2) is 28.2 Å². The first kappa shape index (κ1) is 15.8. The number of anilines is 1. The molecule has 1 unspecified atom stereocenters. The Morgan fingerprint density at radius 3 is 2.61 bits per heavy atom. The molecule has 122 valence electrons. The largest absolute Gasteiger partial charge is 0.507 e. The summed E-state index contributed by atoms with van der Waals surface area (Å²) in [5.74, 6) is 2.57. The number of benzene rings is 1. The van der Waals surface area contributed by atoms with Crippen LogP contribution in [0.1, 0.15) is 38.4 Å². The maximum Gasteiger partial charge on any atom is 0.165 e. The first-order valence-corrected chi connectivity index (χ1v) is 8.57. The quantitative estimate of drug-likeness (QED) is 0.932. The van der Waals surface area contributed by atoms with E-state index in [2.05, 4.69) is 25.7 Å². The van der Waals surface area contributed by atoms with E-state index in [4.69, 9.17) is 9.97 Å². The summed E-state index contributed by atoms with van der Waals surface area (Å²) in [6, 6.07) is 7.31. The van der Waals surface area contributed by atoms with Gasteiger partial charge in [0.25, 0.3) is 0 Å². The summed E-state index contributed by atoms with van der Waals surface area (Å²) in [4.78, 5) is 11.9. The van der Waals surface area contributed by atoms with Gasteiger partial charge in [-0.1, -0.05) is 19.1 Å². The number of hydrogen-bond acceptors (Lipinski definition) is 4. The second-order valence-corrected chi connectivity index (χ2v) is 6.33. The summed E-state index contributed by atoms with van der Waals surface area (Å²) in [5, 5.41) is 10.2. The molecule has 1 aliphatic rings. The number of nitrogens with zero attached hydrogens (tertiary/aromatic N) is 3. The Kier molecular flexibility index (Phi) is 4.51. The summed E-state index contributed by atoms with van der Waals surface area (Å²) in [6.07, 6.45) is 3.23. The minimum Gasteiger partial charge on any atom is -0.507 e. The van der Waals surface area contributed by atoms with E-state index in [0.29, 0.717) is 17.3 Å². The molecule has 3 rings (SSSR count). The number of aromatic hydroxyl groups is 1. The lowest BCUT2D eigenvalue weighted by atomic mass is 9.88. The third-order valence-corrected chi connectivity index (χ3v) is 4.71. The molecule has 1 heterocycles. The molecule has 0 radical (unpaired) electrons. The van der Waals surface area contributed by atoms with Gasteiger partial charge in [0.1, 0.15) is 11.6 Å². The molecule has 0 saturated heterocycles. The lowest BCUT2D eigenvalue weighted by Gasteiger charge is -2.28. The zero-order valence-electron chi connectivity index (χ0n) is 14.2. The third-order valence-electron chi connectivity index (χ3n) is 4.71. The highest BCUT2D eigenvalue weighted by Crippen LogP contribution is 2.34. The van der Waals surface area contributed by atoms with Gasteiger partial charge in [0.05, 0.1) is 11.3 Å². The van der Waals surface area contributed by atoms with Gasteiger partial charge in [-0.2, -0.15) is 0 Å². The molecular formula is C19H25N3O. The number of aromatic nitrogens is 2. The molecule has 4 heteroatoms. The number of phenolic OH excluding ortho intramolecular Hbond substituents is 1. The van der Waals surface area contributed by atoms with E-state index in [0.717, 1.165) is 37.4 Å². The molecule has 1 aliphatic carbocycles. The highest BCUT2D eigenvalue weighted by atomic mass is 16.3. The minimum absolute atomic E-state index is 0.238. The van der Waals surface area contributed by atoms with Crippen molar-refractivity contribution in [2.45, 2.75) is 40.0 Å². The van der Waals surface area contributed by atoms with Gasteiger partial charge in [-0.25, -0.2) is 9.97 Å². The van der Waals surface area contributed by atoms with Crippen LogP contribution in [-0.2, 0) is 12.8 Å². The summed E-state index contributed by atoms with van der Waals surface area (Å²) >= 11 is 0. The van der Waals surface area contributed by atoms with Crippen LogP contribution in [0.3, 0.4) is 0 Å². The average molecular weight is 311 g/mol. The zero-order chi connectivity index (χ0) is 16.4. The standard InChI is InChI=1S/C19H25N3O/c1-4-22(5-2)19-14-11-10-13(3)12-16(14)20-18(21-19)15-8-6-7-9-17(15)23/h6-9,13,23H,4-5,10-12H2,1-3H3. The zero-order valence-corrected chi connectivity index (χ0v) is 14.2. The average Bonchev–Trinajstić information content (AvgIpc) is 2.55. The van der Waals surface area contributed by atoms with E-state index < -0.39 is 0 Å². The van der Waals surface area contributed by atoms with Crippen molar-refractivity contribution in [2.24, 2.45) is 5.92 Å². The van der Waals surface area contributed by atoms with Gasteiger partial charge in [-0.15, -0.1) is 0 Å². The summed E-state index contributed by atoms with van der Waals surface area (Å²) in [5.41, 5.74) is 3.16. The van der Waals surface area contributed by atoms with E-state index in [1.807, 2.05) is 18.2 Å². The van der Waals surface area contributed by atoms with Crippen LogP contribution >= 0.6 is 0 Å². The fraction of sp³-hybridized carbons (Fsp3) is 0.474. The summed E-state index contributed by atoms with van der Waals surface area (Å²) in [7, 11) is 0. The van der Waals surface area contributed by atoms with Crippen molar-refractivity contribution in [1.29, 1.82) is 0 Å². The third kappa shape index (κ3) is 3.03. The lowest BCUT2D eigenvalue weighted by Crippen LogP contribution is -2.27. The van der Waals surface area contributed by atoms with Gasteiger partial charge < -0.3 is 10.0 Å². The SMILES string of the molecule is CCN(CC)c1nc(-c2ccccc2O)nc2c1CCC(C)C2.